The maximum atomic E-state index is 12.6. The van der Waals surface area contributed by atoms with Crippen molar-refractivity contribution in [3.05, 3.63) is 29.3 Å². The second-order valence-corrected chi connectivity index (χ2v) is 7.47. The molecule has 0 radical (unpaired) electrons. The summed E-state index contributed by atoms with van der Waals surface area (Å²) in [5, 5.41) is 0. The van der Waals surface area contributed by atoms with Gasteiger partial charge in [-0.3, -0.25) is 4.79 Å². The van der Waals surface area contributed by atoms with E-state index >= 15 is 0 Å². The van der Waals surface area contributed by atoms with Crippen molar-refractivity contribution >= 4 is 11.5 Å². The van der Waals surface area contributed by atoms with Gasteiger partial charge in [-0.25, -0.2) is 0 Å². The van der Waals surface area contributed by atoms with Crippen LogP contribution in [0.5, 0.6) is 0 Å². The van der Waals surface area contributed by atoms with Crippen LogP contribution in [0.4, 0.5) is 5.69 Å². The summed E-state index contributed by atoms with van der Waals surface area (Å²) in [6.07, 6.45) is 6.26. The maximum absolute atomic E-state index is 12.6. The van der Waals surface area contributed by atoms with Crippen molar-refractivity contribution in [3.63, 3.8) is 0 Å². The third-order valence-electron chi connectivity index (χ3n) is 6.34. The zero-order valence-corrected chi connectivity index (χ0v) is 13.5. The van der Waals surface area contributed by atoms with E-state index in [-0.39, 0.29) is 10.8 Å². The average Bonchev–Trinajstić information content (AvgIpc) is 2.46. The summed E-state index contributed by atoms with van der Waals surface area (Å²) in [6.45, 7) is 6.60. The minimum atomic E-state index is -0.149. The van der Waals surface area contributed by atoms with Crippen molar-refractivity contribution in [3.8, 4) is 0 Å². The number of Topliss-reactive ketones (excluding diaryl/α,β-unsaturated/α-hetero) is 1. The van der Waals surface area contributed by atoms with E-state index in [1.807, 2.05) is 13.0 Å². The molecule has 2 aliphatic carbocycles. The molecule has 0 saturated heterocycles. The fourth-order valence-electron chi connectivity index (χ4n) is 5.22. The van der Waals surface area contributed by atoms with Crippen molar-refractivity contribution in [2.24, 2.45) is 11.3 Å². The number of benzene rings is 1. The van der Waals surface area contributed by atoms with E-state index < -0.39 is 0 Å². The Hall–Kier alpha value is -1.31. The first kappa shape index (κ1) is 14.6. The van der Waals surface area contributed by atoms with Crippen LogP contribution < -0.4 is 5.73 Å². The number of nitrogen functional groups attached to an aromatic ring is 1. The summed E-state index contributed by atoms with van der Waals surface area (Å²) in [4.78, 5) is 12.6. The van der Waals surface area contributed by atoms with Gasteiger partial charge >= 0.3 is 0 Å². The Labute approximate surface area is 128 Å². The quantitative estimate of drug-likeness (QED) is 0.825. The summed E-state index contributed by atoms with van der Waals surface area (Å²) < 4.78 is 0. The van der Waals surface area contributed by atoms with Gasteiger partial charge in [0.1, 0.15) is 5.78 Å². The highest BCUT2D eigenvalue weighted by Crippen LogP contribution is 2.57. The predicted octanol–water partition coefficient (Wildman–Crippen LogP) is 4.26. The van der Waals surface area contributed by atoms with Gasteiger partial charge in [-0.05, 0) is 60.3 Å². The summed E-state index contributed by atoms with van der Waals surface area (Å²) in [5.41, 5.74) is 9.72. The molecule has 1 aromatic carbocycles. The average molecular weight is 285 g/mol. The summed E-state index contributed by atoms with van der Waals surface area (Å²) in [5.74, 6) is 0.909. The number of rotatable bonds is 2. The van der Waals surface area contributed by atoms with Gasteiger partial charge in [0.25, 0.3) is 0 Å². The highest BCUT2D eigenvalue weighted by Gasteiger charge is 2.54. The normalized spacial score (nSPS) is 34.9. The molecular weight excluding hydrogens is 258 g/mol. The lowest BCUT2D eigenvalue weighted by Gasteiger charge is -2.54. The first-order valence-corrected chi connectivity index (χ1v) is 8.34. The molecule has 21 heavy (non-hydrogen) atoms. The van der Waals surface area contributed by atoms with E-state index in [2.05, 4.69) is 26.0 Å². The molecule has 1 saturated carbocycles. The van der Waals surface area contributed by atoms with Gasteiger partial charge in [0.05, 0.1) is 0 Å². The molecule has 3 atom stereocenters. The Kier molecular flexibility index (Phi) is 3.38. The number of nitrogens with two attached hydrogens (primary N) is 1. The van der Waals surface area contributed by atoms with Crippen LogP contribution >= 0.6 is 0 Å². The lowest BCUT2D eigenvalue weighted by atomic mass is 9.48. The number of anilines is 1. The van der Waals surface area contributed by atoms with Gasteiger partial charge in [0, 0.05) is 17.5 Å². The molecule has 2 heteroatoms. The molecule has 1 aromatic rings. The molecule has 0 amide bonds. The first-order chi connectivity index (χ1) is 9.91. The van der Waals surface area contributed by atoms with Crippen molar-refractivity contribution in [2.75, 3.05) is 5.73 Å². The van der Waals surface area contributed by atoms with E-state index in [9.17, 15) is 4.79 Å². The van der Waals surface area contributed by atoms with Gasteiger partial charge in [0.15, 0.2) is 0 Å². The zero-order chi connectivity index (χ0) is 15.3. The molecule has 2 aliphatic rings. The van der Waals surface area contributed by atoms with Crippen LogP contribution in [0.15, 0.2) is 18.2 Å². The molecule has 2 nitrogen and oxygen atoms in total. The Morgan fingerprint density at radius 3 is 2.81 bits per heavy atom. The minimum Gasteiger partial charge on any atom is -0.399 e. The van der Waals surface area contributed by atoms with E-state index in [1.54, 1.807) is 0 Å². The Morgan fingerprint density at radius 1 is 1.33 bits per heavy atom. The van der Waals surface area contributed by atoms with Crippen molar-refractivity contribution in [1.29, 1.82) is 0 Å². The van der Waals surface area contributed by atoms with Gasteiger partial charge < -0.3 is 5.73 Å². The topological polar surface area (TPSA) is 43.1 Å². The number of ketones is 1. The molecule has 3 rings (SSSR count). The van der Waals surface area contributed by atoms with Gasteiger partial charge in [0.2, 0.25) is 0 Å². The largest absolute Gasteiger partial charge is 0.399 e. The highest BCUT2D eigenvalue weighted by atomic mass is 16.1. The minimum absolute atomic E-state index is 0.112. The first-order valence-electron chi connectivity index (χ1n) is 8.34. The molecule has 1 fully saturated rings. The SMILES string of the molecule is CCC(=O)[C@@]1(C)CCCC2(C)c3cc(N)ccc3CCC21. The molecule has 0 aliphatic heterocycles. The molecule has 0 bridgehead atoms. The number of aryl methyl sites for hydroxylation is 1. The van der Waals surface area contributed by atoms with Gasteiger partial charge in [-0.15, -0.1) is 0 Å². The third-order valence-corrected chi connectivity index (χ3v) is 6.34. The van der Waals surface area contributed by atoms with E-state index in [1.165, 1.54) is 17.5 Å². The van der Waals surface area contributed by atoms with E-state index in [4.69, 9.17) is 5.73 Å². The molecule has 114 valence electrons. The molecule has 0 spiro atoms. The van der Waals surface area contributed by atoms with Crippen LogP contribution in [0.2, 0.25) is 0 Å². The Balaban J connectivity index is 2.10. The monoisotopic (exact) mass is 285 g/mol. The molecule has 0 heterocycles. The van der Waals surface area contributed by atoms with Crippen LogP contribution in [0, 0.1) is 11.3 Å². The highest BCUT2D eigenvalue weighted by molar-refractivity contribution is 5.85. The van der Waals surface area contributed by atoms with Gasteiger partial charge in [-0.2, -0.15) is 0 Å². The predicted molar refractivity (Wildman–Crippen MR) is 87.3 cm³/mol. The van der Waals surface area contributed by atoms with E-state index in [0.717, 1.165) is 31.4 Å². The fourth-order valence-corrected chi connectivity index (χ4v) is 5.22. The molecule has 2 N–H and O–H groups in total. The molecular formula is C19H27NO. The van der Waals surface area contributed by atoms with Crippen LogP contribution in [-0.2, 0) is 16.6 Å². The van der Waals surface area contributed by atoms with Crippen LogP contribution in [-0.4, -0.2) is 5.78 Å². The Morgan fingerprint density at radius 2 is 2.10 bits per heavy atom. The summed E-state index contributed by atoms with van der Waals surface area (Å²) in [6, 6.07) is 6.38. The van der Waals surface area contributed by atoms with Crippen LogP contribution in [0.1, 0.15) is 64.0 Å². The summed E-state index contributed by atoms with van der Waals surface area (Å²) in [7, 11) is 0. The van der Waals surface area contributed by atoms with Crippen LogP contribution in [0.25, 0.3) is 0 Å². The lowest BCUT2D eigenvalue weighted by molar-refractivity contribution is -0.136. The van der Waals surface area contributed by atoms with Crippen molar-refractivity contribution < 1.29 is 4.79 Å². The number of fused-ring (bicyclic) bond motifs is 3. The second-order valence-electron chi connectivity index (χ2n) is 7.47. The number of hydrogen-bond donors (Lipinski definition) is 1. The summed E-state index contributed by atoms with van der Waals surface area (Å²) >= 11 is 0. The Bertz CT molecular complexity index is 579. The van der Waals surface area contributed by atoms with Crippen LogP contribution in [0.3, 0.4) is 0 Å². The zero-order valence-electron chi connectivity index (χ0n) is 13.5. The molecule has 2 unspecified atom stereocenters. The maximum Gasteiger partial charge on any atom is 0.138 e. The number of carbonyl (C=O) groups is 1. The fraction of sp³-hybridized carbons (Fsp3) is 0.632. The van der Waals surface area contributed by atoms with Gasteiger partial charge in [-0.1, -0.05) is 33.3 Å². The standard InChI is InChI=1S/C19H27NO/c1-4-17(21)19(3)11-5-10-18(2)15-12-14(20)8-6-13(15)7-9-16(18)19/h6,8,12,16H,4-5,7,9-11,20H2,1-3H3/t16?,18?,19-/m0/s1. The number of hydrogen-bond acceptors (Lipinski definition) is 2. The smallest absolute Gasteiger partial charge is 0.138 e. The number of carbonyl (C=O) groups excluding carboxylic acids is 1. The third kappa shape index (κ3) is 2.03. The van der Waals surface area contributed by atoms with E-state index in [0.29, 0.717) is 18.1 Å². The van der Waals surface area contributed by atoms with Crippen molar-refractivity contribution in [1.82, 2.24) is 0 Å². The second kappa shape index (κ2) is 4.86. The van der Waals surface area contributed by atoms with Crippen molar-refractivity contribution in [2.45, 2.75) is 64.7 Å². The molecule has 0 aromatic heterocycles. The lowest BCUT2D eigenvalue weighted by Crippen LogP contribution is -2.52.